The first-order valence-electron chi connectivity index (χ1n) is 20.0. The van der Waals surface area contributed by atoms with Gasteiger partial charge in [0.1, 0.15) is 11.9 Å². The lowest BCUT2D eigenvalue weighted by atomic mass is 9.66. The van der Waals surface area contributed by atoms with Crippen LogP contribution in [0.3, 0.4) is 0 Å². The topological polar surface area (TPSA) is 63.2 Å². The first-order valence-corrected chi connectivity index (χ1v) is 25.8. The number of fused-ring (bicyclic) bond motifs is 1. The van der Waals surface area contributed by atoms with Crippen LogP contribution in [0.15, 0.2) is 48.1 Å². The number of hydrogen-bond donors (Lipinski definition) is 0. The van der Waals surface area contributed by atoms with Gasteiger partial charge in [0.25, 0.3) is 0 Å². The summed E-state index contributed by atoms with van der Waals surface area (Å²) in [5.41, 5.74) is 2.49. The van der Waals surface area contributed by atoms with Gasteiger partial charge in [-0.05, 0) is 109 Å². The highest BCUT2D eigenvalue weighted by atomic mass is 28.4. The second-order valence-corrected chi connectivity index (χ2v) is 28.5. The minimum Gasteiger partial charge on any atom is -0.479 e. The van der Waals surface area contributed by atoms with Crippen LogP contribution in [0.5, 0.6) is 5.75 Å². The summed E-state index contributed by atoms with van der Waals surface area (Å²) in [6, 6.07) is 8.09. The number of ether oxygens (including phenoxy) is 3. The van der Waals surface area contributed by atoms with Gasteiger partial charge in [0.05, 0.1) is 12.2 Å². The number of hydrogen-bond acceptors (Lipinski definition) is 6. The lowest BCUT2D eigenvalue weighted by molar-refractivity contribution is -0.163. The molecule has 1 aromatic carbocycles. The number of allylic oxidation sites excluding steroid dienone is 2. The Morgan fingerprint density at radius 3 is 2.14 bits per heavy atom. The third-order valence-electron chi connectivity index (χ3n) is 12.7. The maximum atomic E-state index is 14.0. The number of carbonyl (C=O) groups excluding carboxylic acids is 1. The maximum Gasteiger partial charge on any atom is 0.347 e. The van der Waals surface area contributed by atoms with E-state index in [2.05, 4.69) is 119 Å². The third-order valence-corrected chi connectivity index (χ3v) is 21.8. The SMILES string of the molecule is CCC(Oc1ccc(C(C)C)cc1)C(=O)O[C@H]1C[C@H](O[Si](C)(C)C(C)(C)C)C=C2C=C[C@H](C)[C@H](CC[C@@H]3C[C@H](O[Si](C)(C)C(C)(C)C)CCO3)[C@H]21. The molecule has 3 aliphatic rings. The second-order valence-electron chi connectivity index (χ2n) is 19.0. The predicted molar refractivity (Wildman–Crippen MR) is 215 cm³/mol. The fraction of sp³-hybridized carbons (Fsp3) is 0.744. The fourth-order valence-electron chi connectivity index (χ4n) is 7.35. The summed E-state index contributed by atoms with van der Waals surface area (Å²) in [6.45, 7) is 32.5. The van der Waals surface area contributed by atoms with Crippen LogP contribution in [-0.4, -0.2) is 59.7 Å². The largest absolute Gasteiger partial charge is 0.479 e. The molecule has 1 aliphatic heterocycles. The Labute approximate surface area is 313 Å². The van der Waals surface area contributed by atoms with Crippen molar-refractivity contribution in [2.24, 2.45) is 17.8 Å². The Morgan fingerprint density at radius 1 is 0.922 bits per heavy atom. The number of carbonyl (C=O) groups is 1. The van der Waals surface area contributed by atoms with E-state index >= 15 is 0 Å². The maximum absolute atomic E-state index is 14.0. The van der Waals surface area contributed by atoms with Gasteiger partial charge in [-0.3, -0.25) is 0 Å². The van der Waals surface area contributed by atoms with Crippen molar-refractivity contribution in [1.82, 2.24) is 0 Å². The molecule has 0 saturated carbocycles. The number of benzene rings is 1. The summed E-state index contributed by atoms with van der Waals surface area (Å²) in [4.78, 5) is 14.0. The molecule has 2 aliphatic carbocycles. The van der Waals surface area contributed by atoms with E-state index in [1.54, 1.807) is 0 Å². The van der Waals surface area contributed by atoms with E-state index in [1.807, 2.05) is 19.1 Å². The molecule has 8 atom stereocenters. The molecule has 4 rings (SSSR count). The average molecular weight is 741 g/mol. The molecule has 0 aromatic heterocycles. The van der Waals surface area contributed by atoms with Crippen LogP contribution < -0.4 is 4.74 Å². The third kappa shape index (κ3) is 10.7. The van der Waals surface area contributed by atoms with Gasteiger partial charge >= 0.3 is 5.97 Å². The molecule has 8 heteroatoms. The molecule has 1 aromatic rings. The van der Waals surface area contributed by atoms with E-state index in [1.165, 1.54) is 11.1 Å². The predicted octanol–water partition coefficient (Wildman–Crippen LogP) is 11.4. The van der Waals surface area contributed by atoms with Gasteiger partial charge < -0.3 is 23.1 Å². The van der Waals surface area contributed by atoms with Crippen molar-refractivity contribution in [1.29, 1.82) is 0 Å². The highest BCUT2D eigenvalue weighted by Crippen LogP contribution is 2.47. The zero-order chi connectivity index (χ0) is 37.9. The van der Waals surface area contributed by atoms with Crippen molar-refractivity contribution in [3.63, 3.8) is 0 Å². The molecule has 0 N–H and O–H groups in total. The van der Waals surface area contributed by atoms with Gasteiger partial charge in [-0.15, -0.1) is 0 Å². The molecular formula is C43H72O6Si2. The highest BCUT2D eigenvalue weighted by Gasteiger charge is 2.46. The van der Waals surface area contributed by atoms with Gasteiger partial charge in [0.15, 0.2) is 22.7 Å². The van der Waals surface area contributed by atoms with Gasteiger partial charge in [0, 0.05) is 25.0 Å². The van der Waals surface area contributed by atoms with Crippen LogP contribution in [0.25, 0.3) is 0 Å². The fourth-order valence-corrected chi connectivity index (χ4v) is 10.0. The van der Waals surface area contributed by atoms with E-state index in [0.717, 1.165) is 32.3 Å². The van der Waals surface area contributed by atoms with Crippen molar-refractivity contribution in [3.8, 4) is 5.75 Å². The Balaban J connectivity index is 1.54. The highest BCUT2D eigenvalue weighted by molar-refractivity contribution is 6.74. The molecule has 0 amide bonds. The lowest BCUT2D eigenvalue weighted by Crippen LogP contribution is -2.49. The van der Waals surface area contributed by atoms with E-state index in [4.69, 9.17) is 23.1 Å². The molecule has 1 heterocycles. The molecular weight excluding hydrogens is 669 g/mol. The van der Waals surface area contributed by atoms with E-state index in [9.17, 15) is 4.79 Å². The summed E-state index contributed by atoms with van der Waals surface area (Å²) in [6.07, 6.45) is 11.4. The lowest BCUT2D eigenvalue weighted by Gasteiger charge is -2.46. The van der Waals surface area contributed by atoms with Crippen LogP contribution in [0.1, 0.15) is 119 Å². The molecule has 1 saturated heterocycles. The van der Waals surface area contributed by atoms with Gasteiger partial charge in [0.2, 0.25) is 0 Å². The molecule has 1 unspecified atom stereocenters. The average Bonchev–Trinajstić information content (AvgIpc) is 3.02. The summed E-state index contributed by atoms with van der Waals surface area (Å²) >= 11 is 0. The van der Waals surface area contributed by atoms with Crippen molar-refractivity contribution in [2.75, 3.05) is 6.61 Å². The van der Waals surface area contributed by atoms with Crippen molar-refractivity contribution >= 4 is 22.6 Å². The standard InChI is InChI=1S/C43H72O6Si2/c1-15-38(46-33-20-18-31(19-21-33)29(2)3)41(44)47-39-28-36(49-51(13,14)43(8,9)10)26-32-17-16-30(4)37(40(32)39)23-22-34-27-35(24-25-45-34)48-50(11,12)42(5,6)7/h16-21,26,29-30,34-40H,15,22-25,27-28H2,1-14H3/t30-,34+,35+,36+,37-,38?,39-,40-/m0/s1. The van der Waals surface area contributed by atoms with Crippen LogP contribution in [0.4, 0.5) is 0 Å². The Morgan fingerprint density at radius 2 is 1.55 bits per heavy atom. The summed E-state index contributed by atoms with van der Waals surface area (Å²) in [7, 11) is -3.93. The summed E-state index contributed by atoms with van der Waals surface area (Å²) in [5.74, 6) is 1.61. The van der Waals surface area contributed by atoms with E-state index in [-0.39, 0.29) is 46.4 Å². The van der Waals surface area contributed by atoms with Gasteiger partial charge in [-0.25, -0.2) is 4.79 Å². The minimum absolute atomic E-state index is 0.0758. The Bertz CT molecular complexity index is 1350. The zero-order valence-electron chi connectivity index (χ0n) is 34.6. The first-order chi connectivity index (χ1) is 23.6. The molecule has 0 radical (unpaired) electrons. The Hall–Kier alpha value is -1.72. The molecule has 288 valence electrons. The normalized spacial score (nSPS) is 28.2. The smallest absolute Gasteiger partial charge is 0.347 e. The minimum atomic E-state index is -2.07. The van der Waals surface area contributed by atoms with Crippen LogP contribution >= 0.6 is 0 Å². The molecule has 51 heavy (non-hydrogen) atoms. The summed E-state index contributed by atoms with van der Waals surface area (Å²) < 4.78 is 33.1. The molecule has 1 fully saturated rings. The zero-order valence-corrected chi connectivity index (χ0v) is 36.6. The van der Waals surface area contributed by atoms with Crippen LogP contribution in [-0.2, 0) is 23.1 Å². The van der Waals surface area contributed by atoms with E-state index < -0.39 is 22.7 Å². The van der Waals surface area contributed by atoms with Crippen molar-refractivity contribution < 1.29 is 27.9 Å². The van der Waals surface area contributed by atoms with Crippen molar-refractivity contribution in [3.05, 3.63) is 53.6 Å². The molecule has 6 nitrogen and oxygen atoms in total. The van der Waals surface area contributed by atoms with Crippen molar-refractivity contribution in [2.45, 2.75) is 180 Å². The van der Waals surface area contributed by atoms with Crippen LogP contribution in [0.2, 0.25) is 36.3 Å². The quantitative estimate of drug-likeness (QED) is 0.148. The molecule has 0 spiro atoms. The van der Waals surface area contributed by atoms with Crippen LogP contribution in [0, 0.1) is 17.8 Å². The van der Waals surface area contributed by atoms with Gasteiger partial charge in [-0.2, -0.15) is 0 Å². The number of rotatable bonds is 13. The second kappa shape index (κ2) is 16.7. The van der Waals surface area contributed by atoms with E-state index in [0.29, 0.717) is 36.3 Å². The summed E-state index contributed by atoms with van der Waals surface area (Å²) in [5, 5.41) is 0.263. The van der Waals surface area contributed by atoms with Gasteiger partial charge in [-0.1, -0.05) is 99.6 Å². The Kier molecular flexibility index (Phi) is 13.8. The first kappa shape index (κ1) is 42.0. The molecule has 0 bridgehead atoms. The monoisotopic (exact) mass is 740 g/mol. The number of esters is 1.